The van der Waals surface area contributed by atoms with Gasteiger partial charge in [-0.15, -0.1) is 0 Å². The number of nitrogens with zero attached hydrogens (tertiary/aromatic N) is 1. The summed E-state index contributed by atoms with van der Waals surface area (Å²) < 4.78 is 0. The Balaban J connectivity index is 1.76. The van der Waals surface area contributed by atoms with Gasteiger partial charge in [-0.05, 0) is 25.1 Å². The Morgan fingerprint density at radius 3 is 2.63 bits per heavy atom. The standard InChI is InChI=1S/C19H15Cl2N3O2S/c1-11(18(26)22-16-9-13(20)7-8-14(16)21)27-19-23-15(10-17(25)24-19)12-5-3-2-4-6-12/h2-11H,1H3,(H,22,26)(H,23,24,25). The molecule has 3 aromatic rings. The number of halogens is 2. The molecule has 1 amide bonds. The number of rotatable bonds is 5. The van der Waals surface area contributed by atoms with E-state index in [9.17, 15) is 9.59 Å². The lowest BCUT2D eigenvalue weighted by Gasteiger charge is -2.13. The van der Waals surface area contributed by atoms with Crippen LogP contribution in [0.25, 0.3) is 11.3 Å². The van der Waals surface area contributed by atoms with Crippen molar-refractivity contribution in [2.45, 2.75) is 17.3 Å². The van der Waals surface area contributed by atoms with Gasteiger partial charge in [0.05, 0.1) is 21.7 Å². The molecule has 1 aromatic heterocycles. The van der Waals surface area contributed by atoms with E-state index in [0.29, 0.717) is 26.6 Å². The summed E-state index contributed by atoms with van der Waals surface area (Å²) >= 11 is 13.2. The van der Waals surface area contributed by atoms with Crippen LogP contribution in [0, 0.1) is 0 Å². The smallest absolute Gasteiger partial charge is 0.252 e. The molecule has 0 saturated heterocycles. The SMILES string of the molecule is CC(Sc1nc(-c2ccccc2)cc(=O)[nH]1)C(=O)Nc1cc(Cl)ccc1Cl. The van der Waals surface area contributed by atoms with Crippen LogP contribution in [0.2, 0.25) is 10.0 Å². The summed E-state index contributed by atoms with van der Waals surface area (Å²) in [4.78, 5) is 31.5. The lowest BCUT2D eigenvalue weighted by atomic mass is 10.1. The van der Waals surface area contributed by atoms with Crippen LogP contribution in [0.4, 0.5) is 5.69 Å². The highest BCUT2D eigenvalue weighted by Gasteiger charge is 2.18. The van der Waals surface area contributed by atoms with E-state index in [1.165, 1.54) is 6.07 Å². The van der Waals surface area contributed by atoms with Crippen LogP contribution < -0.4 is 10.9 Å². The predicted octanol–water partition coefficient (Wildman–Crippen LogP) is 4.86. The van der Waals surface area contributed by atoms with Crippen molar-refractivity contribution in [3.8, 4) is 11.3 Å². The molecule has 0 fully saturated rings. The van der Waals surface area contributed by atoms with Gasteiger partial charge in [0.15, 0.2) is 5.16 Å². The third kappa shape index (κ3) is 5.13. The molecule has 138 valence electrons. The number of nitrogens with one attached hydrogen (secondary N) is 2. The fraction of sp³-hybridized carbons (Fsp3) is 0.105. The molecule has 5 nitrogen and oxygen atoms in total. The first-order chi connectivity index (χ1) is 12.9. The molecule has 0 aliphatic heterocycles. The number of anilines is 1. The highest BCUT2D eigenvalue weighted by atomic mass is 35.5. The van der Waals surface area contributed by atoms with Crippen molar-refractivity contribution in [2.75, 3.05) is 5.32 Å². The lowest BCUT2D eigenvalue weighted by molar-refractivity contribution is -0.115. The number of benzene rings is 2. The molecule has 2 N–H and O–H groups in total. The number of carbonyl (C=O) groups excluding carboxylic acids is 1. The molecule has 0 bridgehead atoms. The van der Waals surface area contributed by atoms with Crippen LogP contribution in [-0.4, -0.2) is 21.1 Å². The van der Waals surface area contributed by atoms with Crippen molar-refractivity contribution in [1.29, 1.82) is 0 Å². The zero-order chi connectivity index (χ0) is 19.4. The van der Waals surface area contributed by atoms with Crippen LogP contribution >= 0.6 is 35.0 Å². The van der Waals surface area contributed by atoms with Gasteiger partial charge in [-0.1, -0.05) is 65.3 Å². The summed E-state index contributed by atoms with van der Waals surface area (Å²) in [5.74, 6) is -0.281. The Labute approximate surface area is 170 Å². The summed E-state index contributed by atoms with van der Waals surface area (Å²) in [6, 6.07) is 15.6. The van der Waals surface area contributed by atoms with Crippen LogP contribution in [0.15, 0.2) is 64.5 Å². The zero-order valence-corrected chi connectivity index (χ0v) is 16.5. The van der Waals surface area contributed by atoms with Gasteiger partial charge in [-0.3, -0.25) is 9.59 Å². The minimum absolute atomic E-state index is 0.281. The number of thioether (sulfide) groups is 1. The number of hydrogen-bond donors (Lipinski definition) is 2. The summed E-state index contributed by atoms with van der Waals surface area (Å²) in [7, 11) is 0. The third-order valence-corrected chi connectivity index (χ3v) is 5.18. The van der Waals surface area contributed by atoms with E-state index in [4.69, 9.17) is 23.2 Å². The van der Waals surface area contributed by atoms with E-state index >= 15 is 0 Å². The van der Waals surface area contributed by atoms with E-state index in [2.05, 4.69) is 15.3 Å². The molecule has 2 aromatic carbocycles. The molecule has 0 aliphatic rings. The Bertz CT molecular complexity index is 1020. The highest BCUT2D eigenvalue weighted by Crippen LogP contribution is 2.27. The molecule has 1 atom stereocenters. The van der Waals surface area contributed by atoms with Crippen molar-refractivity contribution < 1.29 is 4.79 Å². The molecule has 0 aliphatic carbocycles. The number of aromatic amines is 1. The first-order valence-electron chi connectivity index (χ1n) is 8.02. The Kier molecular flexibility index (Phi) is 6.21. The number of H-pyrrole nitrogens is 1. The quantitative estimate of drug-likeness (QED) is 0.457. The second-order valence-electron chi connectivity index (χ2n) is 5.68. The van der Waals surface area contributed by atoms with Gasteiger partial charge in [0.1, 0.15) is 0 Å². The highest BCUT2D eigenvalue weighted by molar-refractivity contribution is 8.00. The average Bonchev–Trinajstić information content (AvgIpc) is 2.65. The Morgan fingerprint density at radius 2 is 1.89 bits per heavy atom. The van der Waals surface area contributed by atoms with Gasteiger partial charge < -0.3 is 10.3 Å². The van der Waals surface area contributed by atoms with Crippen LogP contribution in [0.1, 0.15) is 6.92 Å². The number of aromatic nitrogens is 2. The van der Waals surface area contributed by atoms with E-state index in [1.54, 1.807) is 25.1 Å². The maximum absolute atomic E-state index is 12.5. The maximum Gasteiger partial charge on any atom is 0.252 e. The molecular weight excluding hydrogens is 405 g/mol. The molecule has 3 rings (SSSR count). The minimum Gasteiger partial charge on any atom is -0.324 e. The topological polar surface area (TPSA) is 74.8 Å². The summed E-state index contributed by atoms with van der Waals surface area (Å²) in [6.45, 7) is 1.72. The fourth-order valence-corrected chi connectivity index (χ4v) is 3.44. The number of carbonyl (C=O) groups is 1. The molecule has 1 unspecified atom stereocenters. The summed E-state index contributed by atoms with van der Waals surface area (Å²) in [6.07, 6.45) is 0. The molecule has 0 spiro atoms. The lowest BCUT2D eigenvalue weighted by Crippen LogP contribution is -2.23. The van der Waals surface area contributed by atoms with Crippen molar-refractivity contribution >= 4 is 46.6 Å². The monoisotopic (exact) mass is 419 g/mol. The summed E-state index contributed by atoms with van der Waals surface area (Å²) in [5, 5.41) is 3.44. The fourth-order valence-electron chi connectivity index (χ4n) is 2.30. The Morgan fingerprint density at radius 1 is 1.15 bits per heavy atom. The molecule has 1 heterocycles. The second kappa shape index (κ2) is 8.61. The van der Waals surface area contributed by atoms with Gasteiger partial charge in [-0.2, -0.15) is 0 Å². The van der Waals surface area contributed by atoms with Gasteiger partial charge in [0.2, 0.25) is 5.91 Å². The Hall–Kier alpha value is -2.28. The second-order valence-corrected chi connectivity index (χ2v) is 7.85. The number of amides is 1. The van der Waals surface area contributed by atoms with Crippen LogP contribution in [0.3, 0.4) is 0 Å². The van der Waals surface area contributed by atoms with Crippen molar-refractivity contribution in [3.63, 3.8) is 0 Å². The van der Waals surface area contributed by atoms with Crippen molar-refractivity contribution in [2.24, 2.45) is 0 Å². The van der Waals surface area contributed by atoms with Gasteiger partial charge in [0.25, 0.3) is 5.56 Å². The van der Waals surface area contributed by atoms with Gasteiger partial charge in [0, 0.05) is 16.7 Å². The molecular formula is C19H15Cl2N3O2S. The number of hydrogen-bond acceptors (Lipinski definition) is 4. The van der Waals surface area contributed by atoms with Gasteiger partial charge in [-0.25, -0.2) is 4.98 Å². The zero-order valence-electron chi connectivity index (χ0n) is 14.2. The molecule has 8 heteroatoms. The average molecular weight is 420 g/mol. The van der Waals surface area contributed by atoms with Crippen LogP contribution in [-0.2, 0) is 4.79 Å². The third-order valence-electron chi connectivity index (χ3n) is 3.63. The van der Waals surface area contributed by atoms with E-state index in [-0.39, 0.29) is 11.5 Å². The maximum atomic E-state index is 12.5. The first kappa shape index (κ1) is 19.5. The van der Waals surface area contributed by atoms with Crippen LogP contribution in [0.5, 0.6) is 0 Å². The first-order valence-corrected chi connectivity index (χ1v) is 9.65. The van der Waals surface area contributed by atoms with Crippen molar-refractivity contribution in [3.05, 3.63) is 75.0 Å². The van der Waals surface area contributed by atoms with E-state index in [0.717, 1.165) is 17.3 Å². The minimum atomic E-state index is -0.519. The van der Waals surface area contributed by atoms with E-state index in [1.807, 2.05) is 30.3 Å². The van der Waals surface area contributed by atoms with Gasteiger partial charge >= 0.3 is 0 Å². The van der Waals surface area contributed by atoms with Crippen molar-refractivity contribution in [1.82, 2.24) is 9.97 Å². The predicted molar refractivity (Wildman–Crippen MR) is 111 cm³/mol. The normalized spacial score (nSPS) is 11.8. The largest absolute Gasteiger partial charge is 0.324 e. The molecule has 0 saturated carbocycles. The molecule has 27 heavy (non-hydrogen) atoms. The van der Waals surface area contributed by atoms with E-state index < -0.39 is 5.25 Å². The molecule has 0 radical (unpaired) electrons. The summed E-state index contributed by atoms with van der Waals surface area (Å²) in [5.41, 5.74) is 1.53.